The molecular weight excluding hydrogens is 373 g/mol. The van der Waals surface area contributed by atoms with Gasteiger partial charge in [-0.05, 0) is 40.8 Å². The number of amides is 1. The fraction of sp³-hybridized carbons (Fsp3) is 0.429. The van der Waals surface area contributed by atoms with Gasteiger partial charge in [0.2, 0.25) is 0 Å². The van der Waals surface area contributed by atoms with Gasteiger partial charge in [0.25, 0.3) is 5.91 Å². The Kier molecular flexibility index (Phi) is 5.36. The standard InChI is InChI=1S/C14H16INO4/c1-19-13(17)8-12-9-16(5-6-20-12)14(18)10-3-2-4-11(15)7-10/h2-4,7,12H,5-6,8-9H2,1H3. The second-order valence-corrected chi connectivity index (χ2v) is 5.78. The zero-order valence-corrected chi connectivity index (χ0v) is 13.3. The molecule has 5 nitrogen and oxygen atoms in total. The van der Waals surface area contributed by atoms with Gasteiger partial charge in [-0.3, -0.25) is 9.59 Å². The molecule has 1 aromatic carbocycles. The van der Waals surface area contributed by atoms with Crippen LogP contribution in [0.15, 0.2) is 24.3 Å². The largest absolute Gasteiger partial charge is 0.469 e. The molecule has 6 heteroatoms. The van der Waals surface area contributed by atoms with E-state index in [4.69, 9.17) is 4.74 Å². The van der Waals surface area contributed by atoms with E-state index in [0.29, 0.717) is 25.3 Å². The van der Waals surface area contributed by atoms with Gasteiger partial charge >= 0.3 is 5.97 Å². The van der Waals surface area contributed by atoms with Gasteiger partial charge in [-0.1, -0.05) is 6.07 Å². The van der Waals surface area contributed by atoms with E-state index < -0.39 is 0 Å². The third-order valence-corrected chi connectivity index (χ3v) is 3.79. The number of benzene rings is 1. The Bertz CT molecular complexity index is 506. The van der Waals surface area contributed by atoms with Crippen LogP contribution in [0.5, 0.6) is 0 Å². The van der Waals surface area contributed by atoms with Crippen molar-refractivity contribution in [3.8, 4) is 0 Å². The van der Waals surface area contributed by atoms with Crippen molar-refractivity contribution in [2.75, 3.05) is 26.8 Å². The van der Waals surface area contributed by atoms with Crippen LogP contribution in [-0.2, 0) is 14.3 Å². The molecule has 2 rings (SSSR count). The summed E-state index contributed by atoms with van der Waals surface area (Å²) in [4.78, 5) is 25.4. The number of rotatable bonds is 3. The lowest BCUT2D eigenvalue weighted by Crippen LogP contribution is -2.46. The summed E-state index contributed by atoms with van der Waals surface area (Å²) in [6.45, 7) is 1.40. The Morgan fingerprint density at radius 1 is 1.50 bits per heavy atom. The van der Waals surface area contributed by atoms with Crippen LogP contribution in [0.3, 0.4) is 0 Å². The first kappa shape index (κ1) is 15.2. The molecular formula is C14H16INO4. The summed E-state index contributed by atoms with van der Waals surface area (Å²) in [6, 6.07) is 7.46. The van der Waals surface area contributed by atoms with E-state index in [2.05, 4.69) is 27.3 Å². The highest BCUT2D eigenvalue weighted by Crippen LogP contribution is 2.15. The number of ether oxygens (including phenoxy) is 2. The van der Waals surface area contributed by atoms with Crippen molar-refractivity contribution in [1.82, 2.24) is 4.90 Å². The second kappa shape index (κ2) is 7.03. The summed E-state index contributed by atoms with van der Waals surface area (Å²) in [5.74, 6) is -0.347. The summed E-state index contributed by atoms with van der Waals surface area (Å²) in [7, 11) is 1.35. The maximum Gasteiger partial charge on any atom is 0.308 e. The van der Waals surface area contributed by atoms with Crippen molar-refractivity contribution in [3.05, 3.63) is 33.4 Å². The van der Waals surface area contributed by atoms with E-state index in [1.807, 2.05) is 18.2 Å². The van der Waals surface area contributed by atoms with E-state index >= 15 is 0 Å². The zero-order chi connectivity index (χ0) is 14.5. The molecule has 0 aromatic heterocycles. The predicted octanol–water partition coefficient (Wildman–Crippen LogP) is 1.70. The molecule has 1 fully saturated rings. The van der Waals surface area contributed by atoms with Gasteiger partial charge in [0.05, 0.1) is 26.2 Å². The van der Waals surface area contributed by atoms with Gasteiger partial charge in [0, 0.05) is 22.2 Å². The maximum atomic E-state index is 12.4. The molecule has 0 aliphatic carbocycles. The van der Waals surface area contributed by atoms with Gasteiger partial charge in [0.1, 0.15) is 0 Å². The number of methoxy groups -OCH3 is 1. The molecule has 1 aliphatic heterocycles. The van der Waals surface area contributed by atoms with E-state index in [9.17, 15) is 9.59 Å². The fourth-order valence-corrected chi connectivity index (χ4v) is 2.64. The molecule has 0 spiro atoms. The summed E-state index contributed by atoms with van der Waals surface area (Å²) in [6.07, 6.45) is -0.116. The number of hydrogen-bond acceptors (Lipinski definition) is 4. The third kappa shape index (κ3) is 3.92. The van der Waals surface area contributed by atoms with Crippen LogP contribution in [-0.4, -0.2) is 49.7 Å². The second-order valence-electron chi connectivity index (χ2n) is 4.53. The van der Waals surface area contributed by atoms with Gasteiger partial charge in [-0.25, -0.2) is 0 Å². The van der Waals surface area contributed by atoms with E-state index in [1.54, 1.807) is 11.0 Å². The van der Waals surface area contributed by atoms with Crippen molar-refractivity contribution >= 4 is 34.5 Å². The first-order valence-corrected chi connectivity index (χ1v) is 7.41. The quantitative estimate of drug-likeness (QED) is 0.584. The van der Waals surface area contributed by atoms with Crippen molar-refractivity contribution in [2.24, 2.45) is 0 Å². The Morgan fingerprint density at radius 2 is 2.30 bits per heavy atom. The molecule has 0 saturated carbocycles. The highest BCUT2D eigenvalue weighted by Gasteiger charge is 2.26. The van der Waals surface area contributed by atoms with Crippen LogP contribution in [0.2, 0.25) is 0 Å². The van der Waals surface area contributed by atoms with Gasteiger partial charge in [-0.2, -0.15) is 0 Å². The van der Waals surface area contributed by atoms with Gasteiger partial charge in [-0.15, -0.1) is 0 Å². The fourth-order valence-electron chi connectivity index (χ4n) is 2.10. The monoisotopic (exact) mass is 389 g/mol. The number of esters is 1. The molecule has 1 saturated heterocycles. The van der Waals surface area contributed by atoms with Crippen molar-refractivity contribution < 1.29 is 19.1 Å². The summed E-state index contributed by atoms with van der Waals surface area (Å²) < 4.78 is 11.1. The van der Waals surface area contributed by atoms with Crippen LogP contribution in [0.25, 0.3) is 0 Å². The molecule has 20 heavy (non-hydrogen) atoms. The Balaban J connectivity index is 2.01. The van der Waals surface area contributed by atoms with E-state index in [0.717, 1.165) is 3.57 Å². The van der Waals surface area contributed by atoms with Crippen LogP contribution in [0, 0.1) is 3.57 Å². The number of carbonyl (C=O) groups is 2. The Hall–Kier alpha value is -1.15. The van der Waals surface area contributed by atoms with Crippen molar-refractivity contribution in [3.63, 3.8) is 0 Å². The van der Waals surface area contributed by atoms with Gasteiger partial charge in [0.15, 0.2) is 0 Å². The molecule has 1 amide bonds. The summed E-state index contributed by atoms with van der Waals surface area (Å²) in [5.41, 5.74) is 0.663. The minimum Gasteiger partial charge on any atom is -0.469 e. The average molecular weight is 389 g/mol. The number of nitrogens with zero attached hydrogens (tertiary/aromatic N) is 1. The summed E-state index contributed by atoms with van der Waals surface area (Å²) in [5, 5.41) is 0. The Morgan fingerprint density at radius 3 is 3.00 bits per heavy atom. The number of morpholine rings is 1. The van der Waals surface area contributed by atoms with Crippen molar-refractivity contribution in [1.29, 1.82) is 0 Å². The molecule has 1 atom stereocenters. The lowest BCUT2D eigenvalue weighted by molar-refractivity contribution is -0.145. The minimum absolute atomic E-state index is 0.0262. The van der Waals surface area contributed by atoms with E-state index in [1.165, 1.54) is 7.11 Å². The highest BCUT2D eigenvalue weighted by molar-refractivity contribution is 14.1. The first-order valence-electron chi connectivity index (χ1n) is 6.33. The molecule has 1 aliphatic rings. The SMILES string of the molecule is COC(=O)CC1CN(C(=O)c2cccc(I)c2)CCO1. The Labute approximate surface area is 131 Å². The van der Waals surface area contributed by atoms with Crippen LogP contribution < -0.4 is 0 Å². The van der Waals surface area contributed by atoms with Crippen molar-refractivity contribution in [2.45, 2.75) is 12.5 Å². The van der Waals surface area contributed by atoms with Crippen LogP contribution >= 0.6 is 22.6 Å². The predicted molar refractivity (Wildman–Crippen MR) is 81.4 cm³/mol. The molecule has 0 N–H and O–H groups in total. The maximum absolute atomic E-state index is 12.4. The minimum atomic E-state index is -0.321. The van der Waals surface area contributed by atoms with E-state index in [-0.39, 0.29) is 24.4 Å². The molecule has 1 unspecified atom stereocenters. The smallest absolute Gasteiger partial charge is 0.308 e. The molecule has 1 heterocycles. The van der Waals surface area contributed by atoms with Gasteiger partial charge < -0.3 is 14.4 Å². The zero-order valence-electron chi connectivity index (χ0n) is 11.2. The number of halogens is 1. The topological polar surface area (TPSA) is 55.8 Å². The highest BCUT2D eigenvalue weighted by atomic mass is 127. The molecule has 0 bridgehead atoms. The average Bonchev–Trinajstić information content (AvgIpc) is 2.46. The molecule has 1 aromatic rings. The summed E-state index contributed by atoms with van der Waals surface area (Å²) >= 11 is 2.18. The first-order chi connectivity index (χ1) is 9.60. The normalized spacial score (nSPS) is 18.7. The van der Waals surface area contributed by atoms with Crippen LogP contribution in [0.4, 0.5) is 0 Å². The third-order valence-electron chi connectivity index (χ3n) is 3.12. The lowest BCUT2D eigenvalue weighted by atomic mass is 10.1. The number of hydrogen-bond donors (Lipinski definition) is 0. The van der Waals surface area contributed by atoms with Crippen LogP contribution in [0.1, 0.15) is 16.8 Å². The molecule has 108 valence electrons. The molecule has 0 radical (unpaired) electrons. The number of carbonyl (C=O) groups excluding carboxylic acids is 2. The lowest BCUT2D eigenvalue weighted by Gasteiger charge is -2.32.